The molecule has 7 nitrogen and oxygen atoms in total. The normalized spacial score (nSPS) is 18.3. The van der Waals surface area contributed by atoms with Gasteiger partial charge < -0.3 is 25.0 Å². The van der Waals surface area contributed by atoms with Gasteiger partial charge in [0.15, 0.2) is 0 Å². The number of piperazine rings is 1. The first kappa shape index (κ1) is 20.2. The molecule has 1 saturated heterocycles. The van der Waals surface area contributed by atoms with Gasteiger partial charge in [-0.25, -0.2) is 4.79 Å². The van der Waals surface area contributed by atoms with Crippen molar-refractivity contribution in [3.8, 4) is 5.75 Å². The average Bonchev–Trinajstić information content (AvgIpc) is 2.78. The number of anilines is 1. The summed E-state index contributed by atoms with van der Waals surface area (Å²) in [7, 11) is 0. The molecule has 2 aliphatic rings. The Balaban J connectivity index is 1.22. The minimum atomic E-state index is -0.281. The number of nitrogens with zero attached hydrogens (tertiary/aromatic N) is 1. The minimum Gasteiger partial charge on any atom is -0.493 e. The average molecular weight is 409 g/mol. The molecule has 2 heterocycles. The third-order valence-corrected chi connectivity index (χ3v) is 5.43. The zero-order valence-electron chi connectivity index (χ0n) is 16.9. The maximum atomic E-state index is 12.4. The molecule has 2 amide bonds. The Morgan fingerprint density at radius 1 is 1.13 bits per heavy atom. The van der Waals surface area contributed by atoms with E-state index in [0.717, 1.165) is 42.0 Å². The molecule has 2 N–H and O–H groups in total. The first-order valence-corrected chi connectivity index (χ1v) is 10.4. The van der Waals surface area contributed by atoms with E-state index in [1.807, 2.05) is 48.5 Å². The van der Waals surface area contributed by atoms with Crippen molar-refractivity contribution in [3.63, 3.8) is 0 Å². The van der Waals surface area contributed by atoms with Gasteiger partial charge in [0.2, 0.25) is 5.91 Å². The highest BCUT2D eigenvalue weighted by Crippen LogP contribution is 2.27. The molecule has 0 aliphatic carbocycles. The predicted molar refractivity (Wildman–Crippen MR) is 113 cm³/mol. The van der Waals surface area contributed by atoms with E-state index in [9.17, 15) is 9.59 Å². The Morgan fingerprint density at radius 3 is 2.87 bits per heavy atom. The summed E-state index contributed by atoms with van der Waals surface area (Å²) in [5.74, 6) is 0.788. The second-order valence-electron chi connectivity index (χ2n) is 7.64. The maximum absolute atomic E-state index is 12.4. The third kappa shape index (κ3) is 5.30. The number of nitrogens with one attached hydrogen (secondary N) is 2. The second-order valence-corrected chi connectivity index (χ2v) is 7.64. The smallest absolute Gasteiger partial charge is 0.410 e. The summed E-state index contributed by atoms with van der Waals surface area (Å²) in [5.41, 5.74) is 2.96. The molecule has 30 heavy (non-hydrogen) atoms. The molecule has 0 radical (unpaired) electrons. The lowest BCUT2D eigenvalue weighted by Gasteiger charge is -2.33. The predicted octanol–water partition coefficient (Wildman–Crippen LogP) is 2.95. The number of fused-ring (bicyclic) bond motifs is 1. The number of ether oxygens (including phenoxy) is 2. The van der Waals surface area contributed by atoms with E-state index >= 15 is 0 Å². The quantitative estimate of drug-likeness (QED) is 0.767. The van der Waals surface area contributed by atoms with Crippen molar-refractivity contribution in [2.45, 2.75) is 31.9 Å². The molecular weight excluding hydrogens is 382 g/mol. The zero-order valence-corrected chi connectivity index (χ0v) is 16.9. The molecule has 4 rings (SSSR count). The van der Waals surface area contributed by atoms with E-state index in [4.69, 9.17) is 9.47 Å². The SMILES string of the molecule is O=C1CCc2ccc(OCC[C@@H]3CN(C(=O)OCc4ccccc4)CCN3)cc2N1. The van der Waals surface area contributed by atoms with Gasteiger partial charge in [0, 0.05) is 43.9 Å². The summed E-state index contributed by atoms with van der Waals surface area (Å²) in [4.78, 5) is 25.7. The Kier molecular flexibility index (Phi) is 6.49. The van der Waals surface area contributed by atoms with Gasteiger partial charge >= 0.3 is 6.09 Å². The van der Waals surface area contributed by atoms with Gasteiger partial charge in [-0.2, -0.15) is 0 Å². The molecule has 2 aromatic rings. The Hall–Kier alpha value is -3.06. The van der Waals surface area contributed by atoms with Crippen LogP contribution in [0.4, 0.5) is 10.5 Å². The summed E-state index contributed by atoms with van der Waals surface area (Å²) in [6.07, 6.45) is 1.79. The van der Waals surface area contributed by atoms with E-state index in [1.54, 1.807) is 4.90 Å². The van der Waals surface area contributed by atoms with Gasteiger partial charge in [-0.1, -0.05) is 36.4 Å². The Bertz CT molecular complexity index is 887. The van der Waals surface area contributed by atoms with E-state index in [2.05, 4.69) is 10.6 Å². The van der Waals surface area contributed by atoms with Crippen LogP contribution in [0.15, 0.2) is 48.5 Å². The van der Waals surface area contributed by atoms with Gasteiger partial charge in [0.1, 0.15) is 12.4 Å². The molecule has 1 atom stereocenters. The second kappa shape index (κ2) is 9.63. The summed E-state index contributed by atoms with van der Waals surface area (Å²) < 4.78 is 11.3. The van der Waals surface area contributed by atoms with Crippen molar-refractivity contribution < 1.29 is 19.1 Å². The molecule has 0 bridgehead atoms. The largest absolute Gasteiger partial charge is 0.493 e. The van der Waals surface area contributed by atoms with E-state index in [-0.39, 0.29) is 24.6 Å². The van der Waals surface area contributed by atoms with Gasteiger partial charge in [-0.3, -0.25) is 4.79 Å². The maximum Gasteiger partial charge on any atom is 0.410 e. The van der Waals surface area contributed by atoms with E-state index in [1.165, 1.54) is 0 Å². The highest BCUT2D eigenvalue weighted by Gasteiger charge is 2.24. The number of hydrogen-bond acceptors (Lipinski definition) is 5. The molecular formula is C23H27N3O4. The van der Waals surface area contributed by atoms with Crippen molar-refractivity contribution in [2.24, 2.45) is 0 Å². The number of hydrogen-bond donors (Lipinski definition) is 2. The monoisotopic (exact) mass is 409 g/mol. The zero-order chi connectivity index (χ0) is 20.8. The van der Waals surface area contributed by atoms with Gasteiger partial charge in [0.05, 0.1) is 6.61 Å². The molecule has 0 unspecified atom stereocenters. The standard InChI is InChI=1S/C23H27N3O4/c27-22-9-7-18-6-8-20(14-21(18)25-22)29-13-10-19-15-26(12-11-24-19)23(28)30-16-17-4-2-1-3-5-17/h1-6,8,14,19,24H,7,9-13,15-16H2,(H,25,27)/t19-/m1/s1. The van der Waals surface area contributed by atoms with Gasteiger partial charge in [-0.15, -0.1) is 0 Å². The summed E-state index contributed by atoms with van der Waals surface area (Å²) in [6.45, 7) is 2.77. The highest BCUT2D eigenvalue weighted by atomic mass is 16.6. The van der Waals surface area contributed by atoms with Crippen LogP contribution < -0.4 is 15.4 Å². The molecule has 1 fully saturated rings. The van der Waals surface area contributed by atoms with Crippen molar-refractivity contribution in [1.29, 1.82) is 0 Å². The third-order valence-electron chi connectivity index (χ3n) is 5.43. The lowest BCUT2D eigenvalue weighted by atomic mass is 10.0. The fraction of sp³-hybridized carbons (Fsp3) is 0.391. The molecule has 7 heteroatoms. The van der Waals surface area contributed by atoms with Crippen LogP contribution in [-0.4, -0.2) is 49.2 Å². The topological polar surface area (TPSA) is 79.9 Å². The van der Waals surface area contributed by atoms with Crippen LogP contribution >= 0.6 is 0 Å². The molecule has 0 spiro atoms. The van der Waals surface area contributed by atoms with E-state index in [0.29, 0.717) is 26.1 Å². The number of amides is 2. The van der Waals surface area contributed by atoms with Crippen LogP contribution in [0.2, 0.25) is 0 Å². The van der Waals surface area contributed by atoms with Crippen LogP contribution in [0, 0.1) is 0 Å². The van der Waals surface area contributed by atoms with Crippen molar-refractivity contribution in [1.82, 2.24) is 10.2 Å². The fourth-order valence-corrected chi connectivity index (χ4v) is 3.75. The lowest BCUT2D eigenvalue weighted by Crippen LogP contribution is -2.53. The molecule has 2 aliphatic heterocycles. The molecule has 2 aromatic carbocycles. The van der Waals surface area contributed by atoms with Crippen LogP contribution in [0.25, 0.3) is 0 Å². The van der Waals surface area contributed by atoms with Crippen LogP contribution in [0.3, 0.4) is 0 Å². The van der Waals surface area contributed by atoms with E-state index < -0.39 is 0 Å². The Labute approximate surface area is 176 Å². The molecule has 158 valence electrons. The first-order chi connectivity index (χ1) is 14.7. The van der Waals surface area contributed by atoms with Gasteiger partial charge in [-0.05, 0) is 30.0 Å². The highest BCUT2D eigenvalue weighted by molar-refractivity contribution is 5.94. The summed E-state index contributed by atoms with van der Waals surface area (Å²) >= 11 is 0. The first-order valence-electron chi connectivity index (χ1n) is 10.4. The number of carbonyl (C=O) groups is 2. The lowest BCUT2D eigenvalue weighted by molar-refractivity contribution is -0.116. The fourth-order valence-electron chi connectivity index (χ4n) is 3.75. The van der Waals surface area contributed by atoms with Crippen LogP contribution in [0.5, 0.6) is 5.75 Å². The van der Waals surface area contributed by atoms with Gasteiger partial charge in [0.25, 0.3) is 0 Å². The summed E-state index contributed by atoms with van der Waals surface area (Å²) in [5, 5.41) is 6.33. The Morgan fingerprint density at radius 2 is 2.00 bits per heavy atom. The number of aryl methyl sites for hydroxylation is 1. The minimum absolute atomic E-state index is 0.0466. The number of rotatable bonds is 6. The van der Waals surface area contributed by atoms with Crippen molar-refractivity contribution >= 4 is 17.7 Å². The summed E-state index contributed by atoms with van der Waals surface area (Å²) in [6, 6.07) is 15.7. The van der Waals surface area contributed by atoms with Crippen LogP contribution in [0.1, 0.15) is 24.0 Å². The van der Waals surface area contributed by atoms with Crippen molar-refractivity contribution in [2.75, 3.05) is 31.6 Å². The van der Waals surface area contributed by atoms with Crippen LogP contribution in [-0.2, 0) is 22.6 Å². The number of benzene rings is 2. The number of carbonyl (C=O) groups excluding carboxylic acids is 2. The molecule has 0 saturated carbocycles. The van der Waals surface area contributed by atoms with Crippen molar-refractivity contribution in [3.05, 3.63) is 59.7 Å². The molecule has 0 aromatic heterocycles.